The van der Waals surface area contributed by atoms with E-state index in [2.05, 4.69) is 10.9 Å². The third kappa shape index (κ3) is 2.03. The van der Waals surface area contributed by atoms with Gasteiger partial charge in [-0.2, -0.15) is 0 Å². The summed E-state index contributed by atoms with van der Waals surface area (Å²) in [5.41, 5.74) is 0.935. The molecule has 60 valence electrons. The first-order chi connectivity index (χ1) is 5.00. The minimum Gasteiger partial charge on any atom is -0.263 e. The summed E-state index contributed by atoms with van der Waals surface area (Å²) in [6.45, 7) is 1.86. The highest BCUT2D eigenvalue weighted by Crippen LogP contribution is 2.05. The van der Waals surface area contributed by atoms with Crippen molar-refractivity contribution in [2.24, 2.45) is 5.14 Å². The summed E-state index contributed by atoms with van der Waals surface area (Å²) in [7, 11) is -2.59. The molecule has 0 amide bonds. The van der Waals surface area contributed by atoms with Gasteiger partial charge in [0.1, 0.15) is 0 Å². The van der Waals surface area contributed by atoms with Crippen molar-refractivity contribution in [2.75, 3.05) is 0 Å². The molecule has 11 heavy (non-hydrogen) atoms. The fourth-order valence-corrected chi connectivity index (χ4v) is 1.34. The second-order valence-electron chi connectivity index (χ2n) is 2.42. The van der Waals surface area contributed by atoms with E-state index in [0.717, 1.165) is 5.56 Å². The quantitative estimate of drug-likeness (QED) is 0.618. The molecule has 1 aromatic rings. The molecule has 0 fully saturated rings. The summed E-state index contributed by atoms with van der Waals surface area (Å²) in [5, 5.41) is 5.30. The Morgan fingerprint density at radius 1 is 1.64 bits per heavy atom. The minimum atomic E-state index is -2.59. The molecule has 0 saturated heterocycles. The molecule has 0 aliphatic carbocycles. The fourth-order valence-electron chi connectivity index (χ4n) is 0.716. The molecule has 3 nitrogen and oxygen atoms in total. The van der Waals surface area contributed by atoms with Crippen LogP contribution in [0.1, 0.15) is 5.56 Å². The van der Waals surface area contributed by atoms with Crippen LogP contribution in [0.25, 0.3) is 0 Å². The van der Waals surface area contributed by atoms with Gasteiger partial charge in [0.15, 0.2) is 0 Å². The van der Waals surface area contributed by atoms with E-state index in [4.69, 9.17) is 5.14 Å². The number of aromatic nitrogens is 1. The molecule has 1 unspecified atom stereocenters. The Kier molecular flexibility index (Phi) is 1.97. The van der Waals surface area contributed by atoms with Gasteiger partial charge in [-0.05, 0) is 24.4 Å². The van der Waals surface area contributed by atoms with Crippen LogP contribution in [0.15, 0.2) is 23.4 Å². The standard InChI is InChI=1S/C7H10N2OS/c1-6-3-7(5-9-4-6)11(2,8)10/h3-5H,2H2,1H3,(H2,8,10). The smallest absolute Gasteiger partial charge is 0.0628 e. The number of hydrogen-bond acceptors (Lipinski definition) is 2. The fraction of sp³-hybridized carbons (Fsp3) is 0.143. The number of nitrogens with zero attached hydrogens (tertiary/aromatic N) is 1. The highest BCUT2D eigenvalue weighted by molar-refractivity contribution is 7.98. The molecule has 4 heteroatoms. The summed E-state index contributed by atoms with van der Waals surface area (Å²) in [6.07, 6.45) is 3.15. The Hall–Kier alpha value is -0.870. The van der Waals surface area contributed by atoms with Crippen molar-refractivity contribution in [3.05, 3.63) is 24.0 Å². The van der Waals surface area contributed by atoms with Crippen LogP contribution in [-0.2, 0) is 9.71 Å². The van der Waals surface area contributed by atoms with E-state index in [9.17, 15) is 4.21 Å². The molecule has 0 bridgehead atoms. The van der Waals surface area contributed by atoms with Gasteiger partial charge < -0.3 is 0 Å². The number of rotatable bonds is 1. The number of nitrogens with two attached hydrogens (primary N) is 1. The molecule has 0 aliphatic rings. The van der Waals surface area contributed by atoms with Crippen molar-refractivity contribution in [1.82, 2.24) is 4.98 Å². The van der Waals surface area contributed by atoms with Gasteiger partial charge in [-0.25, -0.2) is 4.21 Å². The third-order valence-electron chi connectivity index (χ3n) is 1.25. The summed E-state index contributed by atoms with van der Waals surface area (Å²) in [4.78, 5) is 4.35. The molecule has 2 N–H and O–H groups in total. The number of hydrogen-bond donors (Lipinski definition) is 1. The Labute approximate surface area is 66.4 Å². The Morgan fingerprint density at radius 3 is 2.64 bits per heavy atom. The van der Waals surface area contributed by atoms with Crippen molar-refractivity contribution >= 4 is 15.6 Å². The van der Waals surface area contributed by atoms with Gasteiger partial charge in [-0.1, -0.05) is 0 Å². The van der Waals surface area contributed by atoms with E-state index in [1.807, 2.05) is 6.92 Å². The average Bonchev–Trinajstić information content (AvgIpc) is 1.86. The molecule has 1 atom stereocenters. The van der Waals surface area contributed by atoms with Crippen molar-refractivity contribution in [2.45, 2.75) is 11.8 Å². The first kappa shape index (κ1) is 8.23. The lowest BCUT2D eigenvalue weighted by atomic mass is 10.3. The molecule has 0 saturated carbocycles. The maximum Gasteiger partial charge on any atom is 0.0628 e. The highest BCUT2D eigenvalue weighted by atomic mass is 32.2. The molecule has 0 radical (unpaired) electrons. The number of aryl methyl sites for hydroxylation is 1. The van der Waals surface area contributed by atoms with E-state index in [-0.39, 0.29) is 0 Å². The first-order valence-corrected chi connectivity index (χ1v) is 4.86. The highest BCUT2D eigenvalue weighted by Gasteiger charge is 2.00. The first-order valence-electron chi connectivity index (χ1n) is 3.07. The Balaban J connectivity index is 3.28. The van der Waals surface area contributed by atoms with Gasteiger partial charge in [0.25, 0.3) is 0 Å². The summed E-state index contributed by atoms with van der Waals surface area (Å²) in [5.74, 6) is 3.35. The Morgan fingerprint density at radius 2 is 2.27 bits per heavy atom. The second kappa shape index (κ2) is 2.64. The topological polar surface area (TPSA) is 56.0 Å². The maximum atomic E-state index is 11.2. The monoisotopic (exact) mass is 170 g/mol. The van der Waals surface area contributed by atoms with Crippen LogP contribution in [0.5, 0.6) is 0 Å². The molecule has 1 rings (SSSR count). The van der Waals surface area contributed by atoms with Gasteiger partial charge in [0, 0.05) is 12.4 Å². The molecule has 1 aromatic heterocycles. The van der Waals surface area contributed by atoms with Crippen LogP contribution in [0.3, 0.4) is 0 Å². The SMILES string of the molecule is C=S(N)(=O)c1cncc(C)c1. The van der Waals surface area contributed by atoms with Gasteiger partial charge in [0.05, 0.1) is 14.6 Å². The zero-order valence-corrected chi connectivity index (χ0v) is 7.10. The second-order valence-corrected chi connectivity index (χ2v) is 4.35. The lowest BCUT2D eigenvalue weighted by Crippen LogP contribution is -2.12. The van der Waals surface area contributed by atoms with Crippen molar-refractivity contribution in [1.29, 1.82) is 0 Å². The third-order valence-corrected chi connectivity index (χ3v) is 2.27. The van der Waals surface area contributed by atoms with Crippen LogP contribution in [0, 0.1) is 6.92 Å². The normalized spacial score (nSPS) is 15.8. The van der Waals surface area contributed by atoms with E-state index in [1.165, 1.54) is 6.20 Å². The van der Waals surface area contributed by atoms with Gasteiger partial charge in [-0.15, -0.1) is 0 Å². The van der Waals surface area contributed by atoms with Crippen LogP contribution in [0.4, 0.5) is 0 Å². The van der Waals surface area contributed by atoms with E-state index < -0.39 is 9.71 Å². The lowest BCUT2D eigenvalue weighted by Gasteiger charge is -2.01. The van der Waals surface area contributed by atoms with Crippen LogP contribution < -0.4 is 5.14 Å². The minimum absolute atomic E-state index is 0.498. The maximum absolute atomic E-state index is 11.2. The summed E-state index contributed by atoms with van der Waals surface area (Å²) < 4.78 is 11.2. The Bertz CT molecular complexity index is 356. The molecule has 0 spiro atoms. The molecular formula is C7H10N2OS. The van der Waals surface area contributed by atoms with E-state index in [0.29, 0.717) is 4.90 Å². The largest absolute Gasteiger partial charge is 0.263 e. The predicted molar refractivity (Wildman–Crippen MR) is 46.7 cm³/mol. The zero-order valence-electron chi connectivity index (χ0n) is 6.28. The zero-order chi connectivity index (χ0) is 8.48. The van der Waals surface area contributed by atoms with Crippen molar-refractivity contribution in [3.8, 4) is 0 Å². The van der Waals surface area contributed by atoms with Crippen LogP contribution >= 0.6 is 0 Å². The number of pyridine rings is 1. The summed E-state index contributed by atoms with van der Waals surface area (Å²) >= 11 is 0. The van der Waals surface area contributed by atoms with Crippen molar-refractivity contribution in [3.63, 3.8) is 0 Å². The van der Waals surface area contributed by atoms with Crippen LogP contribution in [0.2, 0.25) is 0 Å². The van der Waals surface area contributed by atoms with Crippen molar-refractivity contribution < 1.29 is 4.21 Å². The van der Waals surface area contributed by atoms with Gasteiger partial charge >= 0.3 is 0 Å². The molecule has 0 aromatic carbocycles. The molecular weight excluding hydrogens is 160 g/mol. The van der Waals surface area contributed by atoms with Gasteiger partial charge in [-0.3, -0.25) is 10.1 Å². The predicted octanol–water partition coefficient (Wildman–Crippen LogP) is 0.339. The average molecular weight is 170 g/mol. The van der Waals surface area contributed by atoms with E-state index in [1.54, 1.807) is 12.3 Å². The molecule has 1 heterocycles. The summed E-state index contributed by atoms with van der Waals surface area (Å²) in [6, 6.07) is 1.72. The lowest BCUT2D eigenvalue weighted by molar-refractivity contribution is 0.682. The van der Waals surface area contributed by atoms with Gasteiger partial charge in [0.2, 0.25) is 0 Å². The van der Waals surface area contributed by atoms with Crippen LogP contribution in [-0.4, -0.2) is 15.1 Å². The van der Waals surface area contributed by atoms with E-state index >= 15 is 0 Å². The molecule has 0 aliphatic heterocycles.